The average Bonchev–Trinajstić information content (AvgIpc) is 2.65. The van der Waals surface area contributed by atoms with E-state index in [0.29, 0.717) is 11.7 Å². The molecule has 0 bridgehead atoms. The molecular weight excluding hydrogens is 238 g/mol. The summed E-state index contributed by atoms with van der Waals surface area (Å²) < 4.78 is 1.66. The summed E-state index contributed by atoms with van der Waals surface area (Å²) in [5, 5.41) is 17.3. The molecule has 17 heavy (non-hydrogen) atoms. The van der Waals surface area contributed by atoms with Crippen LogP contribution in [-0.2, 0) is 6.54 Å². The maximum absolute atomic E-state index is 11.5. The minimum atomic E-state index is -0.268. The van der Waals surface area contributed by atoms with Crippen molar-refractivity contribution in [1.29, 1.82) is 0 Å². The second kappa shape index (κ2) is 5.73. The first-order valence-corrected chi connectivity index (χ1v) is 7.10. The van der Waals surface area contributed by atoms with Gasteiger partial charge in [0.1, 0.15) is 0 Å². The molecule has 96 valence electrons. The molecule has 5 nitrogen and oxygen atoms in total. The second-order valence-electron chi connectivity index (χ2n) is 4.47. The molecule has 2 rings (SSSR count). The number of aliphatic hydroxyl groups excluding tert-OH is 1. The predicted molar refractivity (Wildman–Crippen MR) is 67.3 cm³/mol. The molecule has 0 radical (unpaired) electrons. The Morgan fingerprint density at radius 2 is 2.29 bits per heavy atom. The Bertz CT molecular complexity index is 415. The lowest BCUT2D eigenvalue weighted by molar-refractivity contribution is 0.136. The number of thioether (sulfide) groups is 1. The highest BCUT2D eigenvalue weighted by Crippen LogP contribution is 2.32. The van der Waals surface area contributed by atoms with Gasteiger partial charge in [0, 0.05) is 11.8 Å². The topological polar surface area (TPSA) is 70.9 Å². The maximum Gasteiger partial charge on any atom is 0.343 e. The molecule has 0 unspecified atom stereocenters. The van der Waals surface area contributed by atoms with Gasteiger partial charge in [-0.15, -0.1) is 5.10 Å². The summed E-state index contributed by atoms with van der Waals surface area (Å²) in [6, 6.07) is 0. The third-order valence-electron chi connectivity index (χ3n) is 3.09. The van der Waals surface area contributed by atoms with Crippen LogP contribution in [0.1, 0.15) is 39.0 Å². The zero-order valence-corrected chi connectivity index (χ0v) is 10.9. The lowest BCUT2D eigenvalue weighted by atomic mass is 9.97. The SMILES string of the molecule is CCCn1c(S[C@@H]2CCCC[C@H]2O)n[nH]c1=O. The van der Waals surface area contributed by atoms with Gasteiger partial charge in [0.25, 0.3) is 0 Å². The van der Waals surface area contributed by atoms with Crippen LogP contribution < -0.4 is 5.69 Å². The Morgan fingerprint density at radius 3 is 3.00 bits per heavy atom. The number of nitrogens with zero attached hydrogens (tertiary/aromatic N) is 2. The molecule has 1 aliphatic carbocycles. The number of hydrogen-bond acceptors (Lipinski definition) is 4. The molecule has 0 aromatic carbocycles. The molecule has 0 amide bonds. The summed E-state index contributed by atoms with van der Waals surface area (Å²) in [7, 11) is 0. The Balaban J connectivity index is 2.09. The van der Waals surface area contributed by atoms with Crippen molar-refractivity contribution in [2.75, 3.05) is 0 Å². The van der Waals surface area contributed by atoms with Crippen molar-refractivity contribution in [2.45, 2.75) is 62.1 Å². The molecule has 1 heterocycles. The van der Waals surface area contributed by atoms with Crippen LogP contribution in [0.5, 0.6) is 0 Å². The van der Waals surface area contributed by atoms with Gasteiger partial charge >= 0.3 is 5.69 Å². The Morgan fingerprint density at radius 1 is 1.53 bits per heavy atom. The van der Waals surface area contributed by atoms with Crippen LogP contribution in [0, 0.1) is 0 Å². The van der Waals surface area contributed by atoms with Crippen LogP contribution in [0.4, 0.5) is 0 Å². The summed E-state index contributed by atoms with van der Waals surface area (Å²) in [6.07, 6.45) is 4.74. The van der Waals surface area contributed by atoms with Crippen LogP contribution in [0.25, 0.3) is 0 Å². The summed E-state index contributed by atoms with van der Waals surface area (Å²) in [4.78, 5) is 11.5. The first-order valence-electron chi connectivity index (χ1n) is 6.22. The third kappa shape index (κ3) is 2.93. The standard InChI is InChI=1S/C11H19N3O2S/c1-2-7-14-10(16)12-13-11(14)17-9-6-4-3-5-8(9)15/h8-9,15H,2-7H2,1H3,(H,12,16)/t8-,9-/m1/s1. The number of nitrogens with one attached hydrogen (secondary N) is 1. The van der Waals surface area contributed by atoms with Gasteiger partial charge in [0.05, 0.1) is 6.10 Å². The largest absolute Gasteiger partial charge is 0.392 e. The predicted octanol–water partition coefficient (Wildman–Crippen LogP) is 1.38. The van der Waals surface area contributed by atoms with E-state index in [2.05, 4.69) is 10.2 Å². The second-order valence-corrected chi connectivity index (χ2v) is 5.68. The number of H-pyrrole nitrogens is 1. The lowest BCUT2D eigenvalue weighted by Crippen LogP contribution is -2.27. The van der Waals surface area contributed by atoms with Crippen LogP contribution in [0.2, 0.25) is 0 Å². The Hall–Kier alpha value is -0.750. The molecule has 1 saturated carbocycles. The fourth-order valence-corrected chi connectivity index (χ4v) is 3.41. The first-order chi connectivity index (χ1) is 8.22. The van der Waals surface area contributed by atoms with E-state index in [0.717, 1.165) is 32.1 Å². The van der Waals surface area contributed by atoms with E-state index in [1.807, 2.05) is 6.92 Å². The van der Waals surface area contributed by atoms with Crippen molar-refractivity contribution >= 4 is 11.8 Å². The van der Waals surface area contributed by atoms with E-state index in [-0.39, 0.29) is 17.0 Å². The summed E-state index contributed by atoms with van der Waals surface area (Å²) in [5.74, 6) is 0. The van der Waals surface area contributed by atoms with E-state index in [1.165, 1.54) is 11.8 Å². The molecule has 2 N–H and O–H groups in total. The van der Waals surface area contributed by atoms with E-state index in [9.17, 15) is 9.90 Å². The Labute approximate surface area is 105 Å². The van der Waals surface area contributed by atoms with Gasteiger partial charge in [-0.05, 0) is 19.3 Å². The number of aromatic amines is 1. The van der Waals surface area contributed by atoms with Crippen LogP contribution >= 0.6 is 11.8 Å². The van der Waals surface area contributed by atoms with E-state index < -0.39 is 0 Å². The quantitative estimate of drug-likeness (QED) is 0.855. The van der Waals surface area contributed by atoms with E-state index >= 15 is 0 Å². The van der Waals surface area contributed by atoms with Crippen molar-refractivity contribution < 1.29 is 5.11 Å². The van der Waals surface area contributed by atoms with Crippen molar-refractivity contribution in [3.63, 3.8) is 0 Å². The van der Waals surface area contributed by atoms with Gasteiger partial charge in [-0.25, -0.2) is 9.89 Å². The summed E-state index contributed by atoms with van der Waals surface area (Å²) >= 11 is 1.53. The van der Waals surface area contributed by atoms with Crippen LogP contribution in [0.15, 0.2) is 9.95 Å². The zero-order valence-electron chi connectivity index (χ0n) is 10.1. The van der Waals surface area contributed by atoms with Gasteiger partial charge in [-0.3, -0.25) is 4.57 Å². The van der Waals surface area contributed by atoms with Crippen molar-refractivity contribution in [3.05, 3.63) is 10.5 Å². The van der Waals surface area contributed by atoms with Crippen LogP contribution in [-0.4, -0.2) is 31.2 Å². The third-order valence-corrected chi connectivity index (χ3v) is 4.47. The lowest BCUT2D eigenvalue weighted by Gasteiger charge is -2.26. The van der Waals surface area contributed by atoms with Gasteiger partial charge in [0.2, 0.25) is 0 Å². The molecule has 0 spiro atoms. The average molecular weight is 257 g/mol. The highest BCUT2D eigenvalue weighted by molar-refractivity contribution is 7.99. The van der Waals surface area contributed by atoms with Crippen molar-refractivity contribution in [3.8, 4) is 0 Å². The molecular formula is C11H19N3O2S. The normalized spacial score (nSPS) is 25.1. The van der Waals surface area contributed by atoms with Crippen molar-refractivity contribution in [1.82, 2.24) is 14.8 Å². The minimum absolute atomic E-state index is 0.153. The first kappa shape index (κ1) is 12.7. The number of aliphatic hydroxyl groups is 1. The highest BCUT2D eigenvalue weighted by atomic mass is 32.2. The maximum atomic E-state index is 11.5. The molecule has 1 aromatic rings. The van der Waals surface area contributed by atoms with Gasteiger partial charge in [-0.2, -0.15) is 0 Å². The minimum Gasteiger partial charge on any atom is -0.392 e. The fourth-order valence-electron chi connectivity index (χ4n) is 2.16. The number of aromatic nitrogens is 3. The van der Waals surface area contributed by atoms with Crippen molar-refractivity contribution in [2.24, 2.45) is 0 Å². The smallest absolute Gasteiger partial charge is 0.343 e. The molecule has 6 heteroatoms. The molecule has 1 aromatic heterocycles. The fraction of sp³-hybridized carbons (Fsp3) is 0.818. The van der Waals surface area contributed by atoms with Crippen LogP contribution in [0.3, 0.4) is 0 Å². The Kier molecular flexibility index (Phi) is 4.28. The van der Waals surface area contributed by atoms with E-state index in [4.69, 9.17) is 0 Å². The van der Waals surface area contributed by atoms with Gasteiger partial charge in [0.15, 0.2) is 5.16 Å². The number of rotatable bonds is 4. The molecule has 0 saturated heterocycles. The summed E-state index contributed by atoms with van der Waals surface area (Å²) in [6.45, 7) is 2.71. The monoisotopic (exact) mass is 257 g/mol. The molecule has 0 aliphatic heterocycles. The number of hydrogen-bond donors (Lipinski definition) is 2. The van der Waals surface area contributed by atoms with E-state index in [1.54, 1.807) is 4.57 Å². The zero-order chi connectivity index (χ0) is 12.3. The summed E-state index contributed by atoms with van der Waals surface area (Å²) in [5.41, 5.74) is -0.153. The highest BCUT2D eigenvalue weighted by Gasteiger charge is 2.26. The van der Waals surface area contributed by atoms with Gasteiger partial charge in [-0.1, -0.05) is 31.5 Å². The molecule has 2 atom stereocenters. The molecule has 1 fully saturated rings. The molecule has 1 aliphatic rings. The van der Waals surface area contributed by atoms with Gasteiger partial charge < -0.3 is 5.11 Å².